The molecule has 1 atom stereocenters. The average Bonchev–Trinajstić information content (AvgIpc) is 3.32. The highest BCUT2D eigenvalue weighted by Crippen LogP contribution is 2.33. The zero-order valence-corrected chi connectivity index (χ0v) is 18.4. The number of benzene rings is 2. The Morgan fingerprint density at radius 3 is 2.78 bits per heavy atom. The van der Waals surface area contributed by atoms with E-state index in [9.17, 15) is 9.18 Å². The Bertz CT molecular complexity index is 1340. The number of hydrogen-bond donors (Lipinski definition) is 1. The highest BCUT2D eigenvalue weighted by atomic mass is 19.1. The topological polar surface area (TPSA) is 59.3 Å². The van der Waals surface area contributed by atoms with Crippen molar-refractivity contribution in [3.8, 4) is 11.1 Å². The third-order valence-corrected chi connectivity index (χ3v) is 6.20. The van der Waals surface area contributed by atoms with Gasteiger partial charge in [-0.15, -0.1) is 0 Å². The fourth-order valence-electron chi connectivity index (χ4n) is 4.76. The van der Waals surface area contributed by atoms with E-state index in [2.05, 4.69) is 22.4 Å². The number of rotatable bonds is 4. The highest BCUT2D eigenvalue weighted by Gasteiger charge is 2.27. The van der Waals surface area contributed by atoms with Gasteiger partial charge in [0.25, 0.3) is 5.91 Å². The van der Waals surface area contributed by atoms with Crippen LogP contribution in [0.5, 0.6) is 0 Å². The molecule has 2 heterocycles. The van der Waals surface area contributed by atoms with Crippen LogP contribution in [0, 0.1) is 12.7 Å². The molecule has 0 saturated heterocycles. The lowest BCUT2D eigenvalue weighted by molar-refractivity contribution is 0.0934. The molecule has 0 bridgehead atoms. The second-order valence-corrected chi connectivity index (χ2v) is 8.68. The lowest BCUT2D eigenvalue weighted by atomic mass is 10.0. The first kappa shape index (κ1) is 20.4. The smallest absolute Gasteiger partial charge is 0.255 e. The second kappa shape index (κ2) is 7.86. The highest BCUT2D eigenvalue weighted by molar-refractivity contribution is 5.96. The average molecular weight is 429 g/mol. The summed E-state index contributed by atoms with van der Waals surface area (Å²) >= 11 is 0. The molecule has 2 aromatic carbocycles. The van der Waals surface area contributed by atoms with Crippen molar-refractivity contribution in [1.29, 1.82) is 0 Å². The molecule has 0 spiro atoms. The first-order valence-corrected chi connectivity index (χ1v) is 11.0. The maximum Gasteiger partial charge on any atom is 0.255 e. The lowest BCUT2D eigenvalue weighted by Crippen LogP contribution is -2.29. The number of nitrogens with one attached hydrogen (secondary N) is 1. The number of nitrogens with zero attached hydrogens (tertiary/aromatic N) is 3. The van der Waals surface area contributed by atoms with Crippen LogP contribution < -0.4 is 5.32 Å². The molecule has 162 valence electrons. The van der Waals surface area contributed by atoms with E-state index < -0.39 is 0 Å². The minimum atomic E-state index is -0.307. The number of amides is 1. The van der Waals surface area contributed by atoms with Gasteiger partial charge in [-0.3, -0.25) is 4.79 Å². The van der Waals surface area contributed by atoms with Crippen molar-refractivity contribution in [2.24, 2.45) is 0 Å². The quantitative estimate of drug-likeness (QED) is 0.474. The molecule has 1 unspecified atom stereocenters. The van der Waals surface area contributed by atoms with Gasteiger partial charge in [0.05, 0.1) is 23.0 Å². The van der Waals surface area contributed by atoms with E-state index >= 15 is 0 Å². The van der Waals surface area contributed by atoms with Gasteiger partial charge in [0.2, 0.25) is 0 Å². The standard InChI is InChI=1S/C26H25FN4O/c1-15(2)24-21(26(32)29-22-12-11-17-7-4-5-10-20(17)22)14-28-25-23(16(3)30-31(24)25)18-8-6-9-19(27)13-18/h4-10,13-15,22H,11-12H2,1-3H3,(H,29,32). The predicted molar refractivity (Wildman–Crippen MR) is 122 cm³/mol. The fraction of sp³-hybridized carbons (Fsp3) is 0.269. The van der Waals surface area contributed by atoms with E-state index in [0.717, 1.165) is 35.4 Å². The molecule has 1 aliphatic carbocycles. The van der Waals surface area contributed by atoms with Gasteiger partial charge in [0, 0.05) is 11.8 Å². The number of aryl methyl sites for hydroxylation is 2. The van der Waals surface area contributed by atoms with Crippen molar-refractivity contribution < 1.29 is 9.18 Å². The molecule has 5 nitrogen and oxygen atoms in total. The van der Waals surface area contributed by atoms with Gasteiger partial charge in [-0.1, -0.05) is 50.2 Å². The van der Waals surface area contributed by atoms with Crippen LogP contribution in [0.3, 0.4) is 0 Å². The summed E-state index contributed by atoms with van der Waals surface area (Å²) in [6, 6.07) is 14.7. The van der Waals surface area contributed by atoms with E-state index in [0.29, 0.717) is 11.2 Å². The van der Waals surface area contributed by atoms with Gasteiger partial charge in [0.15, 0.2) is 5.65 Å². The Balaban J connectivity index is 1.57. The van der Waals surface area contributed by atoms with Crippen LogP contribution in [0.1, 0.15) is 65.1 Å². The second-order valence-electron chi connectivity index (χ2n) is 8.68. The van der Waals surface area contributed by atoms with Gasteiger partial charge < -0.3 is 5.32 Å². The lowest BCUT2D eigenvalue weighted by Gasteiger charge is -2.18. The maximum absolute atomic E-state index is 13.9. The summed E-state index contributed by atoms with van der Waals surface area (Å²) in [6.07, 6.45) is 3.48. The molecule has 0 saturated carbocycles. The van der Waals surface area contributed by atoms with Crippen molar-refractivity contribution in [1.82, 2.24) is 19.9 Å². The number of hydrogen-bond acceptors (Lipinski definition) is 3. The van der Waals surface area contributed by atoms with Crippen molar-refractivity contribution >= 4 is 11.6 Å². The zero-order valence-electron chi connectivity index (χ0n) is 18.4. The van der Waals surface area contributed by atoms with E-state index in [4.69, 9.17) is 5.10 Å². The zero-order chi connectivity index (χ0) is 22.4. The molecule has 1 amide bonds. The molecule has 0 aliphatic heterocycles. The first-order chi connectivity index (χ1) is 15.4. The molecule has 0 fully saturated rings. The van der Waals surface area contributed by atoms with Gasteiger partial charge >= 0.3 is 0 Å². The summed E-state index contributed by atoms with van der Waals surface area (Å²) in [7, 11) is 0. The number of aromatic nitrogens is 3. The van der Waals surface area contributed by atoms with Gasteiger partial charge in [0.1, 0.15) is 5.82 Å². The normalized spacial score (nSPS) is 15.3. The third-order valence-electron chi connectivity index (χ3n) is 6.20. The molecular weight excluding hydrogens is 403 g/mol. The first-order valence-electron chi connectivity index (χ1n) is 11.0. The minimum Gasteiger partial charge on any atom is -0.345 e. The SMILES string of the molecule is Cc1nn2c(C(C)C)c(C(=O)NC3CCc4ccccc43)cnc2c1-c1cccc(F)c1. The monoisotopic (exact) mass is 428 g/mol. The van der Waals surface area contributed by atoms with E-state index in [1.54, 1.807) is 16.8 Å². The van der Waals surface area contributed by atoms with Crippen molar-refractivity contribution in [3.63, 3.8) is 0 Å². The fourth-order valence-corrected chi connectivity index (χ4v) is 4.76. The van der Waals surface area contributed by atoms with Crippen LogP contribution in [0.4, 0.5) is 4.39 Å². The summed E-state index contributed by atoms with van der Waals surface area (Å²) in [4.78, 5) is 18.0. The van der Waals surface area contributed by atoms with Gasteiger partial charge in [-0.2, -0.15) is 5.10 Å². The van der Waals surface area contributed by atoms with Gasteiger partial charge in [-0.25, -0.2) is 13.9 Å². The maximum atomic E-state index is 13.9. The van der Waals surface area contributed by atoms with Crippen LogP contribution in [0.2, 0.25) is 0 Å². The van der Waals surface area contributed by atoms with Gasteiger partial charge in [-0.05, 0) is 54.5 Å². The molecule has 6 heteroatoms. The van der Waals surface area contributed by atoms with Crippen LogP contribution in [-0.2, 0) is 6.42 Å². The molecule has 32 heavy (non-hydrogen) atoms. The minimum absolute atomic E-state index is 0.00313. The molecule has 2 aromatic heterocycles. The number of fused-ring (bicyclic) bond motifs is 2. The molecule has 4 aromatic rings. The Morgan fingerprint density at radius 2 is 2.00 bits per heavy atom. The summed E-state index contributed by atoms with van der Waals surface area (Å²) < 4.78 is 15.6. The van der Waals surface area contributed by atoms with Crippen LogP contribution in [0.15, 0.2) is 54.7 Å². The Labute approximate surface area is 186 Å². The molecular formula is C26H25FN4O. The summed E-state index contributed by atoms with van der Waals surface area (Å²) in [5.74, 6) is -0.416. The largest absolute Gasteiger partial charge is 0.345 e. The Hall–Kier alpha value is -3.54. The van der Waals surface area contributed by atoms with Crippen molar-refractivity contribution in [2.75, 3.05) is 0 Å². The molecule has 1 aliphatic rings. The number of halogens is 1. The predicted octanol–water partition coefficient (Wildman–Crippen LogP) is 5.38. The third kappa shape index (κ3) is 3.36. The summed E-state index contributed by atoms with van der Waals surface area (Å²) in [5, 5.41) is 7.91. The van der Waals surface area contributed by atoms with E-state index in [1.807, 2.05) is 39.0 Å². The van der Waals surface area contributed by atoms with Crippen LogP contribution >= 0.6 is 0 Å². The summed E-state index contributed by atoms with van der Waals surface area (Å²) in [5.41, 5.74) is 6.66. The summed E-state index contributed by atoms with van der Waals surface area (Å²) in [6.45, 7) is 5.96. The molecule has 0 radical (unpaired) electrons. The molecule has 5 rings (SSSR count). The number of carbonyl (C=O) groups is 1. The van der Waals surface area contributed by atoms with Crippen LogP contribution in [-0.4, -0.2) is 20.5 Å². The van der Waals surface area contributed by atoms with E-state index in [1.165, 1.54) is 23.3 Å². The van der Waals surface area contributed by atoms with Crippen LogP contribution in [0.25, 0.3) is 16.8 Å². The van der Waals surface area contributed by atoms with E-state index in [-0.39, 0.29) is 23.7 Å². The Morgan fingerprint density at radius 1 is 1.19 bits per heavy atom. The van der Waals surface area contributed by atoms with Crippen molar-refractivity contribution in [3.05, 3.63) is 88.6 Å². The van der Waals surface area contributed by atoms with Crippen molar-refractivity contribution in [2.45, 2.75) is 45.6 Å². The molecule has 1 N–H and O–H groups in total. The Kier molecular flexibility index (Phi) is 5.00. The number of carbonyl (C=O) groups excluding carboxylic acids is 1.